The molecule has 1 heterocycles. The number of amides is 1. The lowest BCUT2D eigenvalue weighted by atomic mass is 10.1. The summed E-state index contributed by atoms with van der Waals surface area (Å²) in [5.74, 6) is -1.23. The average molecular weight is 252 g/mol. The summed E-state index contributed by atoms with van der Waals surface area (Å²) in [5, 5.41) is 3.05. The third kappa shape index (κ3) is 1.79. The van der Waals surface area contributed by atoms with Crippen molar-refractivity contribution < 1.29 is 13.6 Å². The Kier molecular flexibility index (Phi) is 2.59. The molecule has 1 aliphatic heterocycles. The third-order valence-corrected chi connectivity index (χ3v) is 3.70. The van der Waals surface area contributed by atoms with E-state index in [9.17, 15) is 13.6 Å². The van der Waals surface area contributed by atoms with Crippen molar-refractivity contribution in [3.05, 3.63) is 35.4 Å². The van der Waals surface area contributed by atoms with Crippen LogP contribution >= 0.6 is 0 Å². The van der Waals surface area contributed by atoms with Gasteiger partial charge >= 0.3 is 0 Å². The van der Waals surface area contributed by atoms with Crippen LogP contribution in [0, 0.1) is 17.6 Å². The van der Waals surface area contributed by atoms with Crippen molar-refractivity contribution in [2.75, 3.05) is 6.54 Å². The van der Waals surface area contributed by atoms with Crippen molar-refractivity contribution in [1.82, 2.24) is 10.2 Å². The van der Waals surface area contributed by atoms with E-state index in [1.165, 1.54) is 6.07 Å². The molecule has 3 rings (SSSR count). The van der Waals surface area contributed by atoms with Crippen LogP contribution < -0.4 is 5.32 Å². The van der Waals surface area contributed by atoms with Crippen LogP contribution in [0.4, 0.5) is 8.78 Å². The second-order valence-corrected chi connectivity index (χ2v) is 5.04. The number of carbonyl (C=O) groups excluding carboxylic acids is 1. The normalized spacial score (nSPS) is 30.9. The van der Waals surface area contributed by atoms with E-state index in [4.69, 9.17) is 0 Å². The number of hydrogen-bond donors (Lipinski definition) is 1. The molecule has 1 aromatic carbocycles. The molecule has 0 spiro atoms. The van der Waals surface area contributed by atoms with Crippen LogP contribution in [0.1, 0.15) is 25.1 Å². The van der Waals surface area contributed by atoms with E-state index >= 15 is 0 Å². The summed E-state index contributed by atoms with van der Waals surface area (Å²) < 4.78 is 26.2. The maximum absolute atomic E-state index is 13.2. The Bertz CT molecular complexity index is 506. The van der Waals surface area contributed by atoms with Crippen LogP contribution in [0.3, 0.4) is 0 Å². The van der Waals surface area contributed by atoms with Gasteiger partial charge in [-0.2, -0.15) is 0 Å². The molecule has 1 saturated heterocycles. The van der Waals surface area contributed by atoms with Gasteiger partial charge in [-0.05, 0) is 30.0 Å². The number of nitrogens with zero attached hydrogens (tertiary/aromatic N) is 1. The minimum absolute atomic E-state index is 0.0269. The maximum Gasteiger partial charge on any atom is 0.238 e. The van der Waals surface area contributed by atoms with Crippen LogP contribution in [-0.2, 0) is 4.79 Å². The van der Waals surface area contributed by atoms with Crippen LogP contribution in [0.2, 0.25) is 0 Å². The van der Waals surface area contributed by atoms with Crippen molar-refractivity contribution in [2.45, 2.75) is 25.6 Å². The van der Waals surface area contributed by atoms with Gasteiger partial charge < -0.3 is 4.90 Å². The van der Waals surface area contributed by atoms with Crippen LogP contribution in [0.25, 0.3) is 0 Å². The highest BCUT2D eigenvalue weighted by Gasteiger charge is 2.46. The molecule has 96 valence electrons. The molecule has 1 saturated carbocycles. The third-order valence-electron chi connectivity index (χ3n) is 3.70. The highest BCUT2D eigenvalue weighted by atomic mass is 19.2. The molecular weight excluding hydrogens is 238 g/mol. The van der Waals surface area contributed by atoms with E-state index in [1.54, 1.807) is 4.90 Å². The molecule has 3 atom stereocenters. The summed E-state index contributed by atoms with van der Waals surface area (Å²) in [6.07, 6.45) is 0.649. The maximum atomic E-state index is 13.2. The highest BCUT2D eigenvalue weighted by molar-refractivity contribution is 5.81. The fourth-order valence-electron chi connectivity index (χ4n) is 2.55. The van der Waals surface area contributed by atoms with E-state index in [1.807, 2.05) is 0 Å². The largest absolute Gasteiger partial charge is 0.319 e. The van der Waals surface area contributed by atoms with Crippen molar-refractivity contribution in [3.63, 3.8) is 0 Å². The van der Waals surface area contributed by atoms with E-state index in [0.29, 0.717) is 11.5 Å². The number of benzene rings is 1. The summed E-state index contributed by atoms with van der Waals surface area (Å²) in [6, 6.07) is 4.01. The molecule has 1 amide bonds. The van der Waals surface area contributed by atoms with Gasteiger partial charge in [-0.1, -0.05) is 13.0 Å². The Balaban J connectivity index is 1.90. The number of hydrogen-bond acceptors (Lipinski definition) is 2. The van der Waals surface area contributed by atoms with Gasteiger partial charge in [0.25, 0.3) is 0 Å². The van der Waals surface area contributed by atoms with Gasteiger partial charge in [0.05, 0.1) is 6.54 Å². The highest BCUT2D eigenvalue weighted by Crippen LogP contribution is 2.40. The Morgan fingerprint density at radius 2 is 2.06 bits per heavy atom. The second kappa shape index (κ2) is 4.02. The molecule has 1 aromatic rings. The fraction of sp³-hybridized carbons (Fsp3) is 0.462. The molecule has 5 heteroatoms. The summed E-state index contributed by atoms with van der Waals surface area (Å²) in [6.45, 7) is 2.34. The molecule has 18 heavy (non-hydrogen) atoms. The molecule has 1 N–H and O–H groups in total. The average Bonchev–Trinajstić information content (AvgIpc) is 2.91. The molecule has 0 radical (unpaired) electrons. The standard InChI is InChI=1S/C13H14F2N2O/c1-7-4-11(7)17-12(18)6-16-13(17)8-2-3-9(14)10(15)5-8/h2-3,5,7,11,13,16H,4,6H2,1H3. The van der Waals surface area contributed by atoms with Crippen molar-refractivity contribution in [2.24, 2.45) is 5.92 Å². The quantitative estimate of drug-likeness (QED) is 0.870. The topological polar surface area (TPSA) is 32.3 Å². The summed E-state index contributed by atoms with van der Waals surface area (Å²) in [4.78, 5) is 13.6. The molecule has 0 aromatic heterocycles. The van der Waals surface area contributed by atoms with E-state index in [2.05, 4.69) is 12.2 Å². The predicted octanol–water partition coefficient (Wildman–Crippen LogP) is 1.80. The van der Waals surface area contributed by atoms with Crippen LogP contribution in [-0.4, -0.2) is 23.4 Å². The van der Waals surface area contributed by atoms with Gasteiger partial charge in [-0.15, -0.1) is 0 Å². The molecule has 2 fully saturated rings. The van der Waals surface area contributed by atoms with Crippen molar-refractivity contribution in [3.8, 4) is 0 Å². The SMILES string of the molecule is CC1CC1N1C(=O)CNC1c1ccc(F)c(F)c1. The monoisotopic (exact) mass is 252 g/mol. The van der Waals surface area contributed by atoms with Gasteiger partial charge in [0.2, 0.25) is 5.91 Å². The van der Waals surface area contributed by atoms with Gasteiger partial charge in [0, 0.05) is 6.04 Å². The molecule has 0 bridgehead atoms. The van der Waals surface area contributed by atoms with Crippen molar-refractivity contribution in [1.29, 1.82) is 0 Å². The van der Waals surface area contributed by atoms with Crippen LogP contribution in [0.15, 0.2) is 18.2 Å². The Morgan fingerprint density at radius 1 is 1.33 bits per heavy atom. The molecule has 3 nitrogen and oxygen atoms in total. The number of halogens is 2. The first-order valence-corrected chi connectivity index (χ1v) is 6.07. The number of nitrogens with one attached hydrogen (secondary N) is 1. The minimum Gasteiger partial charge on any atom is -0.319 e. The van der Waals surface area contributed by atoms with Gasteiger partial charge in [0.15, 0.2) is 11.6 Å². The number of carbonyl (C=O) groups is 1. The lowest BCUT2D eigenvalue weighted by molar-refractivity contribution is -0.128. The lowest BCUT2D eigenvalue weighted by Gasteiger charge is -2.25. The first-order valence-electron chi connectivity index (χ1n) is 6.07. The Labute approximate surface area is 104 Å². The minimum atomic E-state index is -0.877. The molecule has 1 aliphatic carbocycles. The molecular formula is C13H14F2N2O. The van der Waals surface area contributed by atoms with Crippen molar-refractivity contribution >= 4 is 5.91 Å². The predicted molar refractivity (Wildman–Crippen MR) is 61.5 cm³/mol. The first-order chi connectivity index (χ1) is 8.58. The van der Waals surface area contributed by atoms with Gasteiger partial charge in [0.1, 0.15) is 6.17 Å². The molecule has 2 aliphatic rings. The molecule has 3 unspecified atom stereocenters. The number of rotatable bonds is 2. The van der Waals surface area contributed by atoms with E-state index in [-0.39, 0.29) is 24.7 Å². The van der Waals surface area contributed by atoms with E-state index in [0.717, 1.165) is 18.6 Å². The Morgan fingerprint density at radius 3 is 2.67 bits per heavy atom. The smallest absolute Gasteiger partial charge is 0.238 e. The zero-order chi connectivity index (χ0) is 12.9. The Hall–Kier alpha value is -1.49. The van der Waals surface area contributed by atoms with E-state index < -0.39 is 11.6 Å². The lowest BCUT2D eigenvalue weighted by Crippen LogP contribution is -2.33. The summed E-state index contributed by atoms with van der Waals surface area (Å²) in [5.41, 5.74) is 0.596. The second-order valence-electron chi connectivity index (χ2n) is 5.04. The van der Waals surface area contributed by atoms with Gasteiger partial charge in [-0.25, -0.2) is 8.78 Å². The fourth-order valence-corrected chi connectivity index (χ4v) is 2.55. The van der Waals surface area contributed by atoms with Gasteiger partial charge in [-0.3, -0.25) is 10.1 Å². The zero-order valence-electron chi connectivity index (χ0n) is 9.99. The first kappa shape index (κ1) is 11.6. The van der Waals surface area contributed by atoms with Crippen LogP contribution in [0.5, 0.6) is 0 Å². The zero-order valence-corrected chi connectivity index (χ0v) is 9.99. The summed E-state index contributed by atoms with van der Waals surface area (Å²) >= 11 is 0. The summed E-state index contributed by atoms with van der Waals surface area (Å²) in [7, 11) is 0.